The van der Waals surface area contributed by atoms with Crippen molar-refractivity contribution in [2.45, 2.75) is 37.5 Å². The van der Waals surface area contributed by atoms with Crippen molar-refractivity contribution < 1.29 is 32.2 Å². The first-order chi connectivity index (χ1) is 15.9. The SMILES string of the molecule is C[C@@H]1C[C@H]2OC(N)=N[C@](CF)(c3cc(CC(=O)c4cnc(OCF)cn4)ccc3F)[C@H]2CO1. The number of nitrogens with zero attached hydrogens (tertiary/aromatic N) is 3. The summed E-state index contributed by atoms with van der Waals surface area (Å²) < 4.78 is 57.7. The Morgan fingerprint density at radius 3 is 2.82 bits per heavy atom. The van der Waals surface area contributed by atoms with E-state index in [1.54, 1.807) is 0 Å². The number of ketones is 1. The van der Waals surface area contributed by atoms with Gasteiger partial charge in [-0.15, -0.1) is 0 Å². The van der Waals surface area contributed by atoms with Gasteiger partial charge in [0, 0.05) is 18.4 Å². The molecule has 1 fully saturated rings. The second-order valence-corrected chi connectivity index (χ2v) is 8.06. The molecule has 11 heteroatoms. The summed E-state index contributed by atoms with van der Waals surface area (Å²) in [5, 5.41) is 0. The van der Waals surface area contributed by atoms with Crippen LogP contribution in [0.25, 0.3) is 0 Å². The summed E-state index contributed by atoms with van der Waals surface area (Å²) in [6.45, 7) is -0.102. The lowest BCUT2D eigenvalue weighted by molar-refractivity contribution is -0.109. The summed E-state index contributed by atoms with van der Waals surface area (Å²) in [6.07, 6.45) is 2.01. The number of amidine groups is 1. The Kier molecular flexibility index (Phi) is 6.50. The van der Waals surface area contributed by atoms with Gasteiger partial charge in [0.2, 0.25) is 12.7 Å². The maximum absolute atomic E-state index is 15.0. The summed E-state index contributed by atoms with van der Waals surface area (Å²) >= 11 is 0. The minimum absolute atomic E-state index is 0.0209. The maximum atomic E-state index is 15.0. The highest BCUT2D eigenvalue weighted by Gasteiger charge is 2.52. The van der Waals surface area contributed by atoms with Crippen molar-refractivity contribution in [3.05, 3.63) is 53.2 Å². The van der Waals surface area contributed by atoms with Gasteiger partial charge in [-0.2, -0.15) is 0 Å². The molecule has 0 amide bonds. The van der Waals surface area contributed by atoms with Crippen molar-refractivity contribution in [3.8, 4) is 5.88 Å². The number of rotatable bonds is 7. The molecular formula is C22H23F3N4O4. The molecule has 176 valence electrons. The van der Waals surface area contributed by atoms with Gasteiger partial charge in [0.1, 0.15) is 29.8 Å². The van der Waals surface area contributed by atoms with Gasteiger partial charge in [-0.25, -0.2) is 28.1 Å². The van der Waals surface area contributed by atoms with E-state index in [0.29, 0.717) is 12.0 Å². The number of halogens is 3. The van der Waals surface area contributed by atoms with Crippen molar-refractivity contribution in [1.29, 1.82) is 0 Å². The first-order valence-electron chi connectivity index (χ1n) is 10.4. The van der Waals surface area contributed by atoms with Crippen LogP contribution in [-0.4, -0.2) is 54.1 Å². The topological polar surface area (TPSA) is 109 Å². The van der Waals surface area contributed by atoms with Gasteiger partial charge in [0.05, 0.1) is 31.0 Å². The standard InChI is InChI=1S/C22H23F3N4O4/c1-12-4-19-15(9-31-12)22(10-23,29-21(26)33-19)14-5-13(2-3-16(14)25)6-18(30)17-7-28-20(8-27-17)32-11-24/h2-3,5,7-8,12,15,19H,4,6,9-11H2,1H3,(H2,26,29)/t12-,15+,19-,22-/m1/s1. The number of Topliss-reactive ketones (excluding diaryl/α,β-unsaturated/α-hetero) is 1. The number of ether oxygens (including phenoxy) is 3. The van der Waals surface area contributed by atoms with Crippen LogP contribution in [0.4, 0.5) is 13.2 Å². The number of nitrogens with two attached hydrogens (primary N) is 1. The van der Waals surface area contributed by atoms with Gasteiger partial charge >= 0.3 is 0 Å². The number of hydrogen-bond acceptors (Lipinski definition) is 8. The Balaban J connectivity index is 1.64. The third-order valence-corrected chi connectivity index (χ3v) is 5.95. The van der Waals surface area contributed by atoms with Crippen LogP contribution in [0.2, 0.25) is 0 Å². The van der Waals surface area contributed by atoms with E-state index >= 15 is 4.39 Å². The molecule has 33 heavy (non-hydrogen) atoms. The lowest BCUT2D eigenvalue weighted by Crippen LogP contribution is -2.55. The average Bonchev–Trinajstić information content (AvgIpc) is 2.80. The number of carbonyl (C=O) groups excluding carboxylic acids is 1. The van der Waals surface area contributed by atoms with E-state index in [0.717, 1.165) is 12.4 Å². The van der Waals surface area contributed by atoms with Crippen LogP contribution in [0, 0.1) is 11.7 Å². The number of aliphatic imine (C=N–C) groups is 1. The average molecular weight is 464 g/mol. The maximum Gasteiger partial charge on any atom is 0.283 e. The predicted molar refractivity (Wildman–Crippen MR) is 111 cm³/mol. The van der Waals surface area contributed by atoms with Crippen LogP contribution < -0.4 is 10.5 Å². The Bertz CT molecular complexity index is 1050. The first kappa shape index (κ1) is 23.0. The second kappa shape index (κ2) is 9.34. The van der Waals surface area contributed by atoms with E-state index in [2.05, 4.69) is 19.7 Å². The van der Waals surface area contributed by atoms with E-state index < -0.39 is 42.7 Å². The van der Waals surface area contributed by atoms with Crippen molar-refractivity contribution in [2.75, 3.05) is 20.1 Å². The normalized spacial score (nSPS) is 26.7. The number of carbonyl (C=O) groups is 1. The molecule has 2 N–H and O–H groups in total. The number of benzene rings is 1. The van der Waals surface area contributed by atoms with Crippen LogP contribution in [0.1, 0.15) is 35.0 Å². The minimum atomic E-state index is -1.64. The highest BCUT2D eigenvalue weighted by atomic mass is 19.1. The van der Waals surface area contributed by atoms with Crippen LogP contribution in [0.5, 0.6) is 5.88 Å². The number of fused-ring (bicyclic) bond motifs is 1. The van der Waals surface area contributed by atoms with Crippen LogP contribution in [0.3, 0.4) is 0 Å². The summed E-state index contributed by atoms with van der Waals surface area (Å²) in [5.74, 6) is -1.74. The molecule has 0 spiro atoms. The Labute approximate surface area is 188 Å². The van der Waals surface area contributed by atoms with Crippen molar-refractivity contribution in [3.63, 3.8) is 0 Å². The zero-order valence-electron chi connectivity index (χ0n) is 17.8. The third-order valence-electron chi connectivity index (χ3n) is 5.95. The molecule has 3 heterocycles. The van der Waals surface area contributed by atoms with Gasteiger partial charge in [-0.1, -0.05) is 6.07 Å². The van der Waals surface area contributed by atoms with Crippen molar-refractivity contribution in [1.82, 2.24) is 9.97 Å². The number of alkyl halides is 2. The number of hydrogen-bond donors (Lipinski definition) is 1. The van der Waals surface area contributed by atoms with Gasteiger partial charge < -0.3 is 19.9 Å². The fourth-order valence-corrected chi connectivity index (χ4v) is 4.31. The monoisotopic (exact) mass is 464 g/mol. The Morgan fingerprint density at radius 1 is 1.30 bits per heavy atom. The molecule has 0 bridgehead atoms. The third kappa shape index (κ3) is 4.50. The highest BCUT2D eigenvalue weighted by molar-refractivity contribution is 5.95. The fourth-order valence-electron chi connectivity index (χ4n) is 4.31. The van der Waals surface area contributed by atoms with Crippen molar-refractivity contribution in [2.24, 2.45) is 16.6 Å². The van der Waals surface area contributed by atoms with Gasteiger partial charge in [-0.05, 0) is 24.6 Å². The van der Waals surface area contributed by atoms with Crippen LogP contribution >= 0.6 is 0 Å². The molecule has 1 saturated heterocycles. The summed E-state index contributed by atoms with van der Waals surface area (Å²) in [4.78, 5) is 24.6. The summed E-state index contributed by atoms with van der Waals surface area (Å²) in [5.41, 5.74) is 4.64. The molecule has 1 aromatic heterocycles. The zero-order valence-corrected chi connectivity index (χ0v) is 17.8. The first-order valence-corrected chi connectivity index (χ1v) is 10.4. The molecule has 0 radical (unpaired) electrons. The van der Waals surface area contributed by atoms with E-state index in [1.165, 1.54) is 18.2 Å². The smallest absolute Gasteiger partial charge is 0.283 e. The largest absolute Gasteiger partial charge is 0.462 e. The van der Waals surface area contributed by atoms with E-state index in [4.69, 9.17) is 15.2 Å². The van der Waals surface area contributed by atoms with Gasteiger partial charge in [0.15, 0.2) is 5.78 Å². The quantitative estimate of drug-likeness (QED) is 0.628. The zero-order chi connectivity index (χ0) is 23.6. The lowest BCUT2D eigenvalue weighted by Gasteiger charge is -2.46. The predicted octanol–water partition coefficient (Wildman–Crippen LogP) is 2.65. The van der Waals surface area contributed by atoms with E-state index in [-0.39, 0.29) is 42.3 Å². The van der Waals surface area contributed by atoms with E-state index in [1.807, 2.05) is 6.92 Å². The van der Waals surface area contributed by atoms with Crippen LogP contribution in [-0.2, 0) is 21.4 Å². The van der Waals surface area contributed by atoms with Gasteiger partial charge in [-0.3, -0.25) is 4.79 Å². The summed E-state index contributed by atoms with van der Waals surface area (Å²) in [7, 11) is 0. The lowest BCUT2D eigenvalue weighted by atomic mass is 9.73. The van der Waals surface area contributed by atoms with Gasteiger partial charge in [0.25, 0.3) is 6.02 Å². The molecule has 0 saturated carbocycles. The fraction of sp³-hybridized carbons (Fsp3) is 0.455. The van der Waals surface area contributed by atoms with Crippen molar-refractivity contribution >= 4 is 11.8 Å². The highest BCUT2D eigenvalue weighted by Crippen LogP contribution is 2.45. The molecule has 2 aromatic rings. The molecule has 4 rings (SSSR count). The Hall–Kier alpha value is -3.21. The molecule has 1 aromatic carbocycles. The molecule has 4 atom stereocenters. The van der Waals surface area contributed by atoms with E-state index in [9.17, 15) is 13.6 Å². The molecule has 2 aliphatic rings. The molecular weight excluding hydrogens is 441 g/mol. The minimum Gasteiger partial charge on any atom is -0.462 e. The summed E-state index contributed by atoms with van der Waals surface area (Å²) in [6, 6.07) is 3.80. The molecule has 0 unspecified atom stereocenters. The number of aromatic nitrogens is 2. The Morgan fingerprint density at radius 2 is 2.12 bits per heavy atom. The molecule has 2 aliphatic heterocycles. The second-order valence-electron chi connectivity index (χ2n) is 8.06. The molecule has 8 nitrogen and oxygen atoms in total. The van der Waals surface area contributed by atoms with Crippen LogP contribution in [0.15, 0.2) is 35.6 Å². The molecule has 0 aliphatic carbocycles.